The van der Waals surface area contributed by atoms with Gasteiger partial charge < -0.3 is 35.2 Å². The third-order valence-electron chi connectivity index (χ3n) is 24.6. The molecule has 1 fully saturated rings. The van der Waals surface area contributed by atoms with E-state index in [0.717, 1.165) is 41.2 Å². The summed E-state index contributed by atoms with van der Waals surface area (Å²) in [5.41, 5.74) is 16.3. The molecule has 11 aromatic carbocycles. The quantitative estimate of drug-likeness (QED) is 0.0363. The molecule has 0 radical (unpaired) electrons. The number of urea groups is 1. The normalized spacial score (nSPS) is 13.4. The number of nitrogens with one attached hydrogen (secondary N) is 2. The second-order valence-corrected chi connectivity index (χ2v) is 35.2. The zero-order valence-electron chi connectivity index (χ0n) is 76.5. The van der Waals surface area contributed by atoms with Crippen LogP contribution in [0.5, 0.6) is 0 Å². The van der Waals surface area contributed by atoms with E-state index in [0.29, 0.717) is 172 Å². The van der Waals surface area contributed by atoms with Crippen LogP contribution in [0.2, 0.25) is 0 Å². The SMILES string of the molecule is C=CCNC(=O)Nc1nc2c(s1)CN(C(=O)Cn1nc(-c3ccc(F)cc3)nc1-c1ccc(F)cc1)CC2.Nc1ccc2c(c1)CCN(C(=O)Cn1nc(-c3ccc(F)cc3)nc1-c1ccc(F)cc1)CC2.O=C(Cn1nc(-c2ccc(F)cc2)nc1-c1ccc(F)cc1)N1CCC(c2noc3ccc(F)cc23)CC1.O=C(Cn1nc(-c2ccc(F)cc2)nc1-c1ccc(F)cc1)N1CCc2c(F)ccc(F)c2C1. The lowest BCUT2D eigenvalue weighted by Gasteiger charge is -2.31. The van der Waals surface area contributed by atoms with Crippen molar-refractivity contribution >= 4 is 62.8 Å². The smallest absolute Gasteiger partial charge is 0.321 e. The Bertz CT molecular complexity index is 7570. The van der Waals surface area contributed by atoms with Crippen molar-refractivity contribution < 1.29 is 76.8 Å². The molecule has 4 N–H and O–H groups in total. The van der Waals surface area contributed by atoms with Crippen LogP contribution in [0.25, 0.3) is 102 Å². The minimum absolute atomic E-state index is 0.0145. The summed E-state index contributed by atoms with van der Waals surface area (Å²) < 4.78 is 161. The van der Waals surface area contributed by atoms with Gasteiger partial charge in [-0.15, -0.1) is 27.0 Å². The number of likely N-dealkylation sites (tertiary alicyclic amines) is 1. The minimum Gasteiger partial charge on any atom is -0.399 e. The van der Waals surface area contributed by atoms with Crippen LogP contribution in [0.3, 0.4) is 0 Å². The molecule has 21 rings (SSSR count). The Kier molecular flexibility index (Phi) is 29.3. The van der Waals surface area contributed by atoms with E-state index in [4.69, 9.17) is 10.3 Å². The van der Waals surface area contributed by atoms with Gasteiger partial charge in [0.1, 0.15) is 90.2 Å². The number of thiazole rings is 1. The van der Waals surface area contributed by atoms with E-state index < -0.39 is 29.1 Å². The number of halogens is 11. The molecule has 39 heteroatoms. The van der Waals surface area contributed by atoms with Gasteiger partial charge in [-0.1, -0.05) is 28.6 Å². The molecule has 1 saturated heterocycles. The summed E-state index contributed by atoms with van der Waals surface area (Å²) in [6, 6.07) is 57.9. The van der Waals surface area contributed by atoms with Gasteiger partial charge in [-0.05, 0) is 285 Å². The second kappa shape index (κ2) is 43.4. The highest BCUT2D eigenvalue weighted by atomic mass is 32.1. The molecular formula is C105H86F11N21O6S. The number of piperidine rings is 1. The van der Waals surface area contributed by atoms with E-state index in [-0.39, 0.29) is 133 Å². The lowest BCUT2D eigenvalue weighted by Crippen LogP contribution is -2.40. The fourth-order valence-electron chi connectivity index (χ4n) is 17.1. The molecule has 17 aromatic rings. The first-order valence-electron chi connectivity index (χ1n) is 45.7. The summed E-state index contributed by atoms with van der Waals surface area (Å²) in [7, 11) is 0. The number of carbonyl (C=O) groups is 5. The Morgan fingerprint density at radius 3 is 1.15 bits per heavy atom. The molecule has 0 atom stereocenters. The van der Waals surface area contributed by atoms with Gasteiger partial charge in [-0.3, -0.25) is 24.5 Å². The maximum Gasteiger partial charge on any atom is 0.321 e. The number of anilines is 2. The molecule has 4 aliphatic rings. The van der Waals surface area contributed by atoms with Crippen molar-refractivity contribution in [3.63, 3.8) is 0 Å². The molecule has 144 heavy (non-hydrogen) atoms. The van der Waals surface area contributed by atoms with Gasteiger partial charge in [0.05, 0.1) is 17.9 Å². The zero-order chi connectivity index (χ0) is 100. The molecule has 6 amide bonds. The molecule has 730 valence electrons. The van der Waals surface area contributed by atoms with Crippen molar-refractivity contribution in [3.05, 3.63) is 358 Å². The standard InChI is InChI=1S/C28H22F3N5O2.C26H23F2N7O2S.C26H23F2N5O.C25H18F4N4O/c29-20-5-1-18(2-6-20)27-32-28(19-3-7-21(30)8-4-19)36(33-27)16-25(37)35-13-11-17(12-14-35)26-23-15-22(31)9-10-24(23)38-34-26;1-2-12-29-25(37)32-26-30-20-11-13-34(14-21(20)38-26)22(36)15-35-24(17-5-9-19(28)10-6-17)31-23(33-35)16-3-7-18(27)8-4-16;27-21-6-1-18(2-7-21)25-30-26(19-3-8-22(28)9-4-19)33(31-25)16-24(34)32-13-11-17-5-10-23(29)15-20(17)12-14-32;26-17-5-1-15(2-6-17)24-30-25(16-3-7-18(27)8-4-16)33(31-24)14-23(34)32-12-11-19-20(13-32)22(29)10-9-21(19)28/h1-10,15,17H,11-14,16H2;2-10H,1,11-15H2,(H2,29,30,32,37);1-10,15H,11-14,16,29H2;1-10H,11-14H2. The van der Waals surface area contributed by atoms with Crippen molar-refractivity contribution in [3.8, 4) is 91.1 Å². The van der Waals surface area contributed by atoms with Gasteiger partial charge in [-0.25, -0.2) is 96.7 Å². The molecule has 27 nitrogen and oxygen atoms in total. The topological polar surface area (TPSA) is 310 Å². The van der Waals surface area contributed by atoms with E-state index in [1.54, 1.807) is 94.7 Å². The summed E-state index contributed by atoms with van der Waals surface area (Å²) >= 11 is 1.32. The van der Waals surface area contributed by atoms with Crippen molar-refractivity contribution in [1.82, 2.24) is 94.1 Å². The average Bonchev–Trinajstić information content (AvgIpc) is 1.39. The van der Waals surface area contributed by atoms with E-state index in [2.05, 4.69) is 67.7 Å². The first kappa shape index (κ1) is 97.2. The molecule has 10 heterocycles. The third-order valence-corrected chi connectivity index (χ3v) is 25.6. The van der Waals surface area contributed by atoms with Crippen molar-refractivity contribution in [2.45, 2.75) is 83.7 Å². The third kappa shape index (κ3) is 23.0. The molecule has 0 bridgehead atoms. The molecule has 4 aliphatic heterocycles. The van der Waals surface area contributed by atoms with E-state index >= 15 is 0 Å². The van der Waals surface area contributed by atoms with Crippen LogP contribution in [-0.4, -0.2) is 164 Å². The Hall–Kier alpha value is -17.0. The number of nitrogen functional groups attached to an aromatic ring is 1. The number of fused-ring (bicyclic) bond motifs is 4. The molecule has 0 saturated carbocycles. The zero-order valence-corrected chi connectivity index (χ0v) is 77.3. The maximum atomic E-state index is 14.3. The van der Waals surface area contributed by atoms with Gasteiger partial charge in [0, 0.05) is 131 Å². The summed E-state index contributed by atoms with van der Waals surface area (Å²) in [6.45, 7) is 6.69. The number of hydrogen-bond donors (Lipinski definition) is 3. The van der Waals surface area contributed by atoms with Crippen molar-refractivity contribution in [2.75, 3.05) is 56.9 Å². The van der Waals surface area contributed by atoms with E-state index in [1.807, 2.05) is 23.1 Å². The van der Waals surface area contributed by atoms with Crippen LogP contribution >= 0.6 is 11.3 Å². The lowest BCUT2D eigenvalue weighted by atomic mass is 9.91. The van der Waals surface area contributed by atoms with Crippen LogP contribution in [0, 0.1) is 64.0 Å². The summed E-state index contributed by atoms with van der Waals surface area (Å²) in [4.78, 5) is 95.3. The number of nitrogens with two attached hydrogens (primary N) is 1. The van der Waals surface area contributed by atoms with Crippen LogP contribution < -0.4 is 16.4 Å². The predicted molar refractivity (Wildman–Crippen MR) is 515 cm³/mol. The van der Waals surface area contributed by atoms with Crippen molar-refractivity contribution in [1.29, 1.82) is 0 Å². The molecular weight excluding hydrogens is 1890 g/mol. The Balaban J connectivity index is 0.000000126. The number of nitrogens with zero attached hydrogens (tertiary/aromatic N) is 18. The highest BCUT2D eigenvalue weighted by Gasteiger charge is 2.33. The monoisotopic (exact) mass is 1980 g/mol. The average molecular weight is 1980 g/mol. The fraction of sp³-hybridized carbons (Fsp3) is 0.190. The van der Waals surface area contributed by atoms with Crippen LogP contribution in [0.15, 0.2) is 260 Å². The summed E-state index contributed by atoms with van der Waals surface area (Å²) in [6.07, 6.45) is 5.14. The summed E-state index contributed by atoms with van der Waals surface area (Å²) in [5, 5.41) is 28.6. The van der Waals surface area contributed by atoms with E-state index in [1.165, 1.54) is 180 Å². The number of aromatic nitrogens is 14. The number of hydrogen-bond acceptors (Lipinski definition) is 18. The first-order valence-corrected chi connectivity index (χ1v) is 46.5. The lowest BCUT2D eigenvalue weighted by molar-refractivity contribution is -0.133. The highest BCUT2D eigenvalue weighted by molar-refractivity contribution is 7.15. The number of rotatable bonds is 20. The molecule has 0 aliphatic carbocycles. The summed E-state index contributed by atoms with van der Waals surface area (Å²) in [5.74, 6) is -2.35. The Morgan fingerprint density at radius 2 is 0.736 bits per heavy atom. The molecule has 6 aromatic heterocycles. The Morgan fingerprint density at radius 1 is 0.382 bits per heavy atom. The van der Waals surface area contributed by atoms with Crippen LogP contribution in [0.4, 0.5) is 63.9 Å². The predicted octanol–water partition coefficient (Wildman–Crippen LogP) is 18.7. The van der Waals surface area contributed by atoms with Gasteiger partial charge >= 0.3 is 6.03 Å². The van der Waals surface area contributed by atoms with Crippen LogP contribution in [-0.2, 0) is 84.1 Å². The molecule has 0 spiro atoms. The Labute approximate surface area is 818 Å². The van der Waals surface area contributed by atoms with Gasteiger partial charge in [0.15, 0.2) is 57.3 Å². The van der Waals surface area contributed by atoms with E-state index in [9.17, 15) is 72.3 Å². The van der Waals surface area contributed by atoms with Gasteiger partial charge in [0.25, 0.3) is 0 Å². The molecule has 0 unspecified atom stereocenters. The fourth-order valence-corrected chi connectivity index (χ4v) is 18.1. The van der Waals surface area contributed by atoms with Gasteiger partial charge in [0.2, 0.25) is 23.6 Å². The second-order valence-electron chi connectivity index (χ2n) is 34.1. The number of carbonyl (C=O) groups excluding carboxylic acids is 5. The van der Waals surface area contributed by atoms with Crippen molar-refractivity contribution in [2.24, 2.45) is 0 Å². The van der Waals surface area contributed by atoms with Gasteiger partial charge in [-0.2, -0.15) is 0 Å². The number of amides is 6. The largest absolute Gasteiger partial charge is 0.399 e. The first-order chi connectivity index (χ1) is 69.7. The highest BCUT2D eigenvalue weighted by Crippen LogP contribution is 2.37. The minimum atomic E-state index is -0.555. The maximum absolute atomic E-state index is 14.3. The van der Waals surface area contributed by atoms with Crippen LogP contribution in [0.1, 0.15) is 57.3 Å². The number of benzene rings is 11.